The zero-order valence-electron chi connectivity index (χ0n) is 18.4. The van der Waals surface area contributed by atoms with E-state index in [2.05, 4.69) is 5.32 Å². The van der Waals surface area contributed by atoms with Gasteiger partial charge in [0.15, 0.2) is 6.61 Å². The predicted octanol–water partition coefficient (Wildman–Crippen LogP) is 4.67. The van der Waals surface area contributed by atoms with Crippen molar-refractivity contribution in [3.63, 3.8) is 0 Å². The maximum absolute atomic E-state index is 13.1. The molecule has 0 heterocycles. The van der Waals surface area contributed by atoms with Crippen molar-refractivity contribution in [1.29, 1.82) is 0 Å². The smallest absolute Gasteiger partial charge is 0.261 e. The van der Waals surface area contributed by atoms with Crippen molar-refractivity contribution in [3.8, 4) is 5.75 Å². The maximum Gasteiger partial charge on any atom is 0.261 e. The first-order chi connectivity index (χ1) is 14.2. The van der Waals surface area contributed by atoms with Crippen LogP contribution in [0.15, 0.2) is 42.5 Å². The van der Waals surface area contributed by atoms with E-state index in [4.69, 9.17) is 16.3 Å². The number of carbonyl (C=O) groups is 2. The van der Waals surface area contributed by atoms with Crippen molar-refractivity contribution in [3.05, 3.63) is 64.2 Å². The van der Waals surface area contributed by atoms with Gasteiger partial charge in [-0.2, -0.15) is 0 Å². The minimum atomic E-state index is -0.662. The van der Waals surface area contributed by atoms with E-state index in [0.29, 0.717) is 10.8 Å². The summed E-state index contributed by atoms with van der Waals surface area (Å²) < 4.78 is 5.78. The molecule has 2 atom stereocenters. The highest BCUT2D eigenvalue weighted by Gasteiger charge is 2.27. The SMILES string of the molecule is CC[C@@H](C)NC(=O)[C@@H](C)N(Cc1ccccc1Cl)C(=O)COc1ccc(C)cc1C. The first-order valence-electron chi connectivity index (χ1n) is 10.3. The van der Waals surface area contributed by atoms with E-state index in [0.717, 1.165) is 23.1 Å². The number of nitrogens with zero attached hydrogens (tertiary/aromatic N) is 1. The Bertz CT molecular complexity index is 885. The minimum Gasteiger partial charge on any atom is -0.483 e. The number of amides is 2. The molecule has 1 N–H and O–H groups in total. The number of carbonyl (C=O) groups excluding carboxylic acids is 2. The predicted molar refractivity (Wildman–Crippen MR) is 121 cm³/mol. The van der Waals surface area contributed by atoms with Crippen molar-refractivity contribution in [2.24, 2.45) is 0 Å². The summed E-state index contributed by atoms with van der Waals surface area (Å²) in [6.07, 6.45) is 0.812. The summed E-state index contributed by atoms with van der Waals surface area (Å²) in [7, 11) is 0. The van der Waals surface area contributed by atoms with Crippen LogP contribution >= 0.6 is 11.6 Å². The molecule has 0 bridgehead atoms. The van der Waals surface area contributed by atoms with E-state index in [1.54, 1.807) is 13.0 Å². The molecule has 0 unspecified atom stereocenters. The van der Waals surface area contributed by atoms with Gasteiger partial charge in [-0.25, -0.2) is 0 Å². The number of ether oxygens (including phenoxy) is 1. The quantitative estimate of drug-likeness (QED) is 0.629. The Morgan fingerprint density at radius 2 is 1.83 bits per heavy atom. The fourth-order valence-corrected chi connectivity index (χ4v) is 3.24. The molecule has 0 aliphatic heterocycles. The van der Waals surface area contributed by atoms with Crippen molar-refractivity contribution in [2.75, 3.05) is 6.61 Å². The zero-order valence-corrected chi connectivity index (χ0v) is 19.1. The third-order valence-electron chi connectivity index (χ3n) is 5.15. The van der Waals surface area contributed by atoms with Crippen molar-refractivity contribution in [2.45, 2.75) is 59.7 Å². The fourth-order valence-electron chi connectivity index (χ4n) is 3.04. The molecule has 0 fully saturated rings. The number of hydrogen-bond acceptors (Lipinski definition) is 3. The minimum absolute atomic E-state index is 0.0312. The average Bonchev–Trinajstić information content (AvgIpc) is 2.71. The summed E-state index contributed by atoms with van der Waals surface area (Å²) in [5.41, 5.74) is 2.87. The second-order valence-corrected chi connectivity index (χ2v) is 8.07. The average molecular weight is 431 g/mol. The fraction of sp³-hybridized carbons (Fsp3) is 0.417. The van der Waals surface area contributed by atoms with Crippen LogP contribution in [-0.2, 0) is 16.1 Å². The van der Waals surface area contributed by atoms with Gasteiger partial charge in [-0.1, -0.05) is 54.4 Å². The molecule has 30 heavy (non-hydrogen) atoms. The van der Waals surface area contributed by atoms with E-state index in [1.165, 1.54) is 4.90 Å². The molecule has 6 heteroatoms. The zero-order chi connectivity index (χ0) is 22.3. The topological polar surface area (TPSA) is 58.6 Å². The van der Waals surface area contributed by atoms with Gasteiger partial charge in [0.2, 0.25) is 5.91 Å². The van der Waals surface area contributed by atoms with Gasteiger partial charge in [0, 0.05) is 17.6 Å². The molecule has 0 aliphatic rings. The number of hydrogen-bond donors (Lipinski definition) is 1. The van der Waals surface area contributed by atoms with Crippen molar-refractivity contribution < 1.29 is 14.3 Å². The summed E-state index contributed by atoms with van der Waals surface area (Å²) >= 11 is 6.30. The monoisotopic (exact) mass is 430 g/mol. The van der Waals surface area contributed by atoms with E-state index in [1.807, 2.05) is 64.1 Å². The molecule has 162 valence electrons. The van der Waals surface area contributed by atoms with Crippen LogP contribution in [0.3, 0.4) is 0 Å². The largest absolute Gasteiger partial charge is 0.483 e. The Kier molecular flexibility index (Phi) is 8.72. The highest BCUT2D eigenvalue weighted by Crippen LogP contribution is 2.21. The molecule has 2 aromatic rings. The van der Waals surface area contributed by atoms with Crippen LogP contribution in [0.2, 0.25) is 5.02 Å². The summed E-state index contributed by atoms with van der Waals surface area (Å²) in [5.74, 6) is 0.182. The number of nitrogens with one attached hydrogen (secondary N) is 1. The lowest BCUT2D eigenvalue weighted by Crippen LogP contribution is -2.50. The van der Waals surface area contributed by atoms with Gasteiger partial charge in [0.1, 0.15) is 11.8 Å². The normalized spacial score (nSPS) is 12.7. The number of benzene rings is 2. The summed E-state index contributed by atoms with van der Waals surface area (Å²) in [6, 6.07) is 12.5. The van der Waals surface area contributed by atoms with Crippen LogP contribution in [0, 0.1) is 13.8 Å². The maximum atomic E-state index is 13.1. The Hall–Kier alpha value is -2.53. The molecular weight excluding hydrogens is 400 g/mol. The lowest BCUT2D eigenvalue weighted by atomic mass is 10.1. The number of aryl methyl sites for hydroxylation is 2. The summed E-state index contributed by atoms with van der Waals surface area (Å²) in [5, 5.41) is 3.50. The van der Waals surface area contributed by atoms with E-state index < -0.39 is 6.04 Å². The van der Waals surface area contributed by atoms with Crippen molar-refractivity contribution in [1.82, 2.24) is 10.2 Å². The molecule has 2 rings (SSSR count). The lowest BCUT2D eigenvalue weighted by molar-refractivity contribution is -0.142. The van der Waals surface area contributed by atoms with Crippen LogP contribution in [0.4, 0.5) is 0 Å². The standard InChI is InChI=1S/C24H31ClN2O3/c1-6-18(4)26-24(29)19(5)27(14-20-9-7-8-10-21(20)25)23(28)15-30-22-12-11-16(2)13-17(22)3/h7-13,18-19H,6,14-15H2,1-5H3,(H,26,29)/t18-,19-/m1/s1. The molecule has 0 saturated carbocycles. The summed E-state index contributed by atoms with van der Waals surface area (Å²) in [6.45, 7) is 9.68. The molecular formula is C24H31ClN2O3. The van der Waals surface area contributed by atoms with Gasteiger partial charge in [-0.15, -0.1) is 0 Å². The Morgan fingerprint density at radius 1 is 1.13 bits per heavy atom. The Morgan fingerprint density at radius 3 is 2.47 bits per heavy atom. The van der Waals surface area contributed by atoms with Crippen LogP contribution in [0.1, 0.15) is 43.9 Å². The van der Waals surface area contributed by atoms with Gasteiger partial charge < -0.3 is 15.0 Å². The van der Waals surface area contributed by atoms with E-state index in [-0.39, 0.29) is 31.0 Å². The number of rotatable bonds is 9. The van der Waals surface area contributed by atoms with E-state index >= 15 is 0 Å². The van der Waals surface area contributed by atoms with Crippen LogP contribution < -0.4 is 10.1 Å². The highest BCUT2D eigenvalue weighted by atomic mass is 35.5. The van der Waals surface area contributed by atoms with E-state index in [9.17, 15) is 9.59 Å². The van der Waals surface area contributed by atoms with Gasteiger partial charge in [-0.05, 0) is 57.4 Å². The molecule has 0 aliphatic carbocycles. The Labute approximate surface area is 184 Å². The lowest BCUT2D eigenvalue weighted by Gasteiger charge is -2.30. The first-order valence-corrected chi connectivity index (χ1v) is 10.6. The van der Waals surface area contributed by atoms with Gasteiger partial charge in [0.05, 0.1) is 0 Å². The molecule has 2 amide bonds. The second-order valence-electron chi connectivity index (χ2n) is 7.66. The van der Waals surface area contributed by atoms with Crippen molar-refractivity contribution >= 4 is 23.4 Å². The molecule has 0 radical (unpaired) electrons. The molecule has 2 aromatic carbocycles. The second kappa shape index (κ2) is 11.0. The van der Waals surface area contributed by atoms with Gasteiger partial charge >= 0.3 is 0 Å². The van der Waals surface area contributed by atoms with Crippen LogP contribution in [0.5, 0.6) is 5.75 Å². The first kappa shape index (κ1) is 23.7. The molecule has 0 saturated heterocycles. The van der Waals surface area contributed by atoms with Crippen LogP contribution in [0.25, 0.3) is 0 Å². The van der Waals surface area contributed by atoms with Crippen LogP contribution in [-0.4, -0.2) is 35.4 Å². The van der Waals surface area contributed by atoms with Gasteiger partial charge in [-0.3, -0.25) is 9.59 Å². The highest BCUT2D eigenvalue weighted by molar-refractivity contribution is 6.31. The Balaban J connectivity index is 2.19. The molecule has 5 nitrogen and oxygen atoms in total. The third-order valence-corrected chi connectivity index (χ3v) is 5.52. The third kappa shape index (κ3) is 6.49. The van der Waals surface area contributed by atoms with Gasteiger partial charge in [0.25, 0.3) is 5.91 Å². The molecule has 0 spiro atoms. The molecule has 0 aromatic heterocycles. The summed E-state index contributed by atoms with van der Waals surface area (Å²) in [4.78, 5) is 27.3. The number of halogens is 1.